The Labute approximate surface area is 102 Å². The molecule has 14 heavy (non-hydrogen) atoms. The zero-order valence-electron chi connectivity index (χ0n) is 7.53. The van der Waals surface area contributed by atoms with Gasteiger partial charge < -0.3 is 10.8 Å². The third kappa shape index (κ3) is 3.11. The average molecular weight is 328 g/mol. The lowest BCUT2D eigenvalue weighted by molar-refractivity contribution is 0.0695. The van der Waals surface area contributed by atoms with Gasteiger partial charge >= 0.3 is 5.97 Å². The van der Waals surface area contributed by atoms with Crippen LogP contribution in [-0.2, 0) is 0 Å². The lowest BCUT2D eigenvalue weighted by Gasteiger charge is -2.09. The van der Waals surface area contributed by atoms with Crippen molar-refractivity contribution in [3.8, 4) is 0 Å². The predicted molar refractivity (Wildman–Crippen MR) is 66.0 cm³/mol. The Morgan fingerprint density at radius 3 is 2.57 bits per heavy atom. The molecule has 1 rings (SSSR count). The quantitative estimate of drug-likeness (QED) is 0.820. The van der Waals surface area contributed by atoms with Crippen LogP contribution in [0.1, 0.15) is 28.9 Å². The molecule has 3 nitrogen and oxygen atoms in total. The molecule has 0 amide bonds. The summed E-state index contributed by atoms with van der Waals surface area (Å²) in [4.78, 5) is 10.8. The Hall–Kier alpha value is -0.330. The highest BCUT2D eigenvalue weighted by Crippen LogP contribution is 2.18. The molecule has 3 N–H and O–H groups in total. The Kier molecular flexibility index (Phi) is 5.40. The first-order chi connectivity index (χ1) is 6.02. The average Bonchev–Trinajstić information content (AvgIpc) is 2.03. The molecule has 1 unspecified atom stereocenters. The zero-order chi connectivity index (χ0) is 10.0. The number of aromatic carboxylic acids is 1. The fraction of sp³-hybridized carbons (Fsp3) is 0.222. The van der Waals surface area contributed by atoms with Crippen molar-refractivity contribution in [2.24, 2.45) is 5.73 Å². The summed E-state index contributed by atoms with van der Waals surface area (Å²) in [6, 6.07) is 4.99. The minimum Gasteiger partial charge on any atom is -0.478 e. The van der Waals surface area contributed by atoms with Gasteiger partial charge in [-0.25, -0.2) is 4.79 Å². The first-order valence-corrected chi connectivity index (χ1v) is 4.88. The van der Waals surface area contributed by atoms with Gasteiger partial charge in [0.05, 0.1) is 5.56 Å². The zero-order valence-corrected chi connectivity index (χ0v) is 10.5. The van der Waals surface area contributed by atoms with Gasteiger partial charge in [-0.05, 0) is 47.2 Å². The normalized spacial score (nSPS) is 11.6. The van der Waals surface area contributed by atoms with Crippen LogP contribution in [0.4, 0.5) is 0 Å². The topological polar surface area (TPSA) is 63.3 Å². The molecule has 0 bridgehead atoms. The van der Waals surface area contributed by atoms with E-state index in [0.29, 0.717) is 11.1 Å². The second-order valence-corrected chi connectivity index (χ2v) is 4.07. The van der Waals surface area contributed by atoms with E-state index >= 15 is 0 Å². The fourth-order valence-electron chi connectivity index (χ4n) is 1.11. The van der Waals surface area contributed by atoms with E-state index in [4.69, 9.17) is 10.8 Å². The van der Waals surface area contributed by atoms with Crippen LogP contribution in [0.15, 0.2) is 18.2 Å². The van der Waals surface area contributed by atoms with E-state index in [9.17, 15) is 4.79 Å². The molecule has 78 valence electrons. The van der Waals surface area contributed by atoms with E-state index in [0.717, 1.165) is 3.57 Å². The predicted octanol–water partition coefficient (Wildman–Crippen LogP) is 2.43. The van der Waals surface area contributed by atoms with Gasteiger partial charge in [-0.1, -0.05) is 6.07 Å². The summed E-state index contributed by atoms with van der Waals surface area (Å²) < 4.78 is 0.902. The summed E-state index contributed by atoms with van der Waals surface area (Å²) in [7, 11) is 0. The minimum absolute atomic E-state index is 0. The van der Waals surface area contributed by atoms with Crippen LogP contribution in [0, 0.1) is 3.57 Å². The molecular formula is C9H11ClINO2. The summed E-state index contributed by atoms with van der Waals surface area (Å²) in [5.74, 6) is -0.925. The summed E-state index contributed by atoms with van der Waals surface area (Å²) in [6.07, 6.45) is 0. The largest absolute Gasteiger partial charge is 0.478 e. The third-order valence-corrected chi connectivity index (χ3v) is 2.41. The molecule has 5 heteroatoms. The Morgan fingerprint density at radius 2 is 2.14 bits per heavy atom. The van der Waals surface area contributed by atoms with E-state index in [1.54, 1.807) is 19.1 Å². The molecule has 0 spiro atoms. The van der Waals surface area contributed by atoms with Gasteiger partial charge in [-0.15, -0.1) is 12.4 Å². The number of carboxylic acids is 1. The third-order valence-electron chi connectivity index (χ3n) is 1.74. The van der Waals surface area contributed by atoms with Gasteiger partial charge in [0.15, 0.2) is 0 Å². The van der Waals surface area contributed by atoms with Gasteiger partial charge in [0.1, 0.15) is 0 Å². The van der Waals surface area contributed by atoms with Gasteiger partial charge in [0.2, 0.25) is 0 Å². The van der Waals surface area contributed by atoms with E-state index in [2.05, 4.69) is 22.6 Å². The second kappa shape index (κ2) is 5.53. The van der Waals surface area contributed by atoms with Crippen molar-refractivity contribution < 1.29 is 9.90 Å². The Bertz CT molecular complexity index is 342. The van der Waals surface area contributed by atoms with Crippen LogP contribution >= 0.6 is 35.0 Å². The molecule has 1 atom stereocenters. The number of halogens is 2. The van der Waals surface area contributed by atoms with Gasteiger partial charge in [-0.2, -0.15) is 0 Å². The summed E-state index contributed by atoms with van der Waals surface area (Å²) in [6.45, 7) is 1.77. The molecule has 0 radical (unpaired) electrons. The van der Waals surface area contributed by atoms with Crippen LogP contribution in [0.3, 0.4) is 0 Å². The van der Waals surface area contributed by atoms with Crippen LogP contribution in [0.25, 0.3) is 0 Å². The first kappa shape index (κ1) is 13.7. The Balaban J connectivity index is 0.00000169. The Morgan fingerprint density at radius 1 is 1.57 bits per heavy atom. The monoisotopic (exact) mass is 327 g/mol. The van der Waals surface area contributed by atoms with E-state index in [1.165, 1.54) is 0 Å². The molecule has 0 aliphatic heterocycles. The molecule has 0 saturated heterocycles. The first-order valence-electron chi connectivity index (χ1n) is 3.80. The number of nitrogens with two attached hydrogens (primary N) is 1. The number of benzene rings is 1. The number of hydrogen-bond acceptors (Lipinski definition) is 2. The number of hydrogen-bond donors (Lipinski definition) is 2. The van der Waals surface area contributed by atoms with E-state index < -0.39 is 5.97 Å². The van der Waals surface area contributed by atoms with E-state index in [-0.39, 0.29) is 18.4 Å². The molecule has 1 aromatic carbocycles. The minimum atomic E-state index is -0.925. The van der Waals surface area contributed by atoms with Crippen molar-refractivity contribution in [1.82, 2.24) is 0 Å². The fourth-order valence-corrected chi connectivity index (χ4v) is 1.60. The number of rotatable bonds is 2. The van der Waals surface area contributed by atoms with E-state index in [1.807, 2.05) is 6.07 Å². The van der Waals surface area contributed by atoms with Crippen molar-refractivity contribution in [3.63, 3.8) is 0 Å². The molecule has 0 fully saturated rings. The standard InChI is InChI=1S/C9H10INO2.ClH/c1-5(11)7-3-2-6(10)4-8(7)9(12)13;/h2-5H,11H2,1H3,(H,12,13);1H. The summed E-state index contributed by atoms with van der Waals surface area (Å²) in [5.41, 5.74) is 6.60. The van der Waals surface area contributed by atoms with Gasteiger partial charge in [-0.3, -0.25) is 0 Å². The lowest BCUT2D eigenvalue weighted by atomic mass is 10.0. The number of carbonyl (C=O) groups is 1. The van der Waals surface area contributed by atoms with Gasteiger partial charge in [0.25, 0.3) is 0 Å². The van der Waals surface area contributed by atoms with Crippen LogP contribution in [0.2, 0.25) is 0 Å². The highest BCUT2D eigenvalue weighted by Gasteiger charge is 2.12. The highest BCUT2D eigenvalue weighted by molar-refractivity contribution is 14.1. The smallest absolute Gasteiger partial charge is 0.336 e. The van der Waals surface area contributed by atoms with Crippen LogP contribution in [-0.4, -0.2) is 11.1 Å². The maximum atomic E-state index is 10.8. The molecule has 0 aromatic heterocycles. The van der Waals surface area contributed by atoms with Crippen molar-refractivity contribution >= 4 is 41.0 Å². The van der Waals surface area contributed by atoms with Crippen LogP contribution < -0.4 is 5.73 Å². The molecule has 0 aliphatic carbocycles. The second-order valence-electron chi connectivity index (χ2n) is 2.83. The maximum absolute atomic E-state index is 10.8. The molecule has 1 aromatic rings. The molecule has 0 heterocycles. The molecule has 0 aliphatic rings. The van der Waals surface area contributed by atoms with Crippen LogP contribution in [0.5, 0.6) is 0 Å². The van der Waals surface area contributed by atoms with Crippen molar-refractivity contribution in [3.05, 3.63) is 32.9 Å². The number of carboxylic acid groups (broad SMARTS) is 1. The highest BCUT2D eigenvalue weighted by atomic mass is 127. The van der Waals surface area contributed by atoms with Crippen molar-refractivity contribution in [2.75, 3.05) is 0 Å². The SMILES string of the molecule is CC(N)c1ccc(I)cc1C(=O)O.Cl. The maximum Gasteiger partial charge on any atom is 0.336 e. The van der Waals surface area contributed by atoms with Gasteiger partial charge in [0, 0.05) is 9.61 Å². The summed E-state index contributed by atoms with van der Waals surface area (Å²) in [5, 5.41) is 8.88. The molecular weight excluding hydrogens is 316 g/mol. The van der Waals surface area contributed by atoms with Crippen molar-refractivity contribution in [1.29, 1.82) is 0 Å². The van der Waals surface area contributed by atoms with Crippen molar-refractivity contribution in [2.45, 2.75) is 13.0 Å². The summed E-state index contributed by atoms with van der Waals surface area (Å²) >= 11 is 2.07. The molecule has 0 saturated carbocycles. The lowest BCUT2D eigenvalue weighted by Crippen LogP contribution is -2.11.